The molecule has 0 fully saturated rings. The number of aryl methyl sites for hydroxylation is 1. The van der Waals surface area contributed by atoms with Crippen LogP contribution in [0.3, 0.4) is 0 Å². The summed E-state index contributed by atoms with van der Waals surface area (Å²) in [5.41, 5.74) is 7.97. The third-order valence-electron chi connectivity index (χ3n) is 5.11. The monoisotopic (exact) mass is 475 g/mol. The number of nitrogen functional groups attached to an aromatic ring is 1. The van der Waals surface area contributed by atoms with Gasteiger partial charge in [-0.25, -0.2) is 8.42 Å². The number of nitrogens with two attached hydrogens (primary N) is 1. The Hall–Kier alpha value is -2.74. The summed E-state index contributed by atoms with van der Waals surface area (Å²) in [5.74, 6) is -0.581. The van der Waals surface area contributed by atoms with Crippen LogP contribution in [0.2, 0.25) is 10.0 Å². The highest BCUT2D eigenvalue weighted by Gasteiger charge is 2.29. The lowest BCUT2D eigenvalue weighted by Crippen LogP contribution is -2.35. The Kier molecular flexibility index (Phi) is 5.83. The number of fused-ring (bicyclic) bond motifs is 1. The fourth-order valence-corrected chi connectivity index (χ4v) is 5.60. The number of carbonyl (C=O) groups excluding carboxylic acids is 1. The maximum atomic E-state index is 13.4. The van der Waals surface area contributed by atoms with Crippen molar-refractivity contribution in [3.63, 3.8) is 0 Å². The average Bonchev–Trinajstić information content (AvgIpc) is 2.74. The molecule has 1 heterocycles. The minimum absolute atomic E-state index is 0.0241. The van der Waals surface area contributed by atoms with Gasteiger partial charge in [0.15, 0.2) is 0 Å². The molecule has 0 spiro atoms. The number of rotatable bonds is 4. The van der Waals surface area contributed by atoms with Gasteiger partial charge in [0, 0.05) is 12.2 Å². The molecule has 3 aromatic carbocycles. The zero-order valence-electron chi connectivity index (χ0n) is 16.3. The normalized spacial score (nSPS) is 13.5. The van der Waals surface area contributed by atoms with Crippen LogP contribution in [0.15, 0.2) is 65.6 Å². The van der Waals surface area contributed by atoms with Crippen LogP contribution in [0.5, 0.6) is 0 Å². The number of hydrogen-bond acceptors (Lipinski definition) is 4. The molecule has 1 aliphatic heterocycles. The smallest absolute Gasteiger partial charge is 0.264 e. The zero-order chi connectivity index (χ0) is 22.2. The van der Waals surface area contributed by atoms with Gasteiger partial charge in [0.25, 0.3) is 15.9 Å². The molecule has 6 nitrogen and oxygen atoms in total. The van der Waals surface area contributed by atoms with E-state index in [9.17, 15) is 13.2 Å². The molecule has 31 heavy (non-hydrogen) atoms. The molecule has 3 N–H and O–H groups in total. The van der Waals surface area contributed by atoms with Crippen molar-refractivity contribution in [3.05, 3.63) is 81.8 Å². The largest absolute Gasteiger partial charge is 0.398 e. The highest BCUT2D eigenvalue weighted by atomic mass is 35.5. The van der Waals surface area contributed by atoms with Crippen LogP contribution in [0.25, 0.3) is 0 Å². The lowest BCUT2D eigenvalue weighted by molar-refractivity contribution is 0.102. The second-order valence-electron chi connectivity index (χ2n) is 7.11. The van der Waals surface area contributed by atoms with Crippen molar-refractivity contribution in [2.24, 2.45) is 0 Å². The van der Waals surface area contributed by atoms with Crippen LogP contribution >= 0.6 is 23.2 Å². The van der Waals surface area contributed by atoms with E-state index in [0.29, 0.717) is 12.2 Å². The number of sulfonamides is 1. The number of amides is 1. The quantitative estimate of drug-likeness (QED) is 0.520. The van der Waals surface area contributed by atoms with Crippen LogP contribution in [0.4, 0.5) is 17.1 Å². The molecule has 0 bridgehead atoms. The van der Waals surface area contributed by atoms with Crippen LogP contribution in [0.1, 0.15) is 22.3 Å². The molecule has 0 aliphatic carbocycles. The summed E-state index contributed by atoms with van der Waals surface area (Å²) in [5, 5.41) is 3.00. The van der Waals surface area contributed by atoms with E-state index >= 15 is 0 Å². The molecular weight excluding hydrogens is 457 g/mol. The second-order valence-corrected chi connectivity index (χ2v) is 9.79. The van der Waals surface area contributed by atoms with Gasteiger partial charge in [-0.15, -0.1) is 0 Å². The number of nitrogens with one attached hydrogen (secondary N) is 1. The summed E-state index contributed by atoms with van der Waals surface area (Å²) in [7, 11) is -3.86. The van der Waals surface area contributed by atoms with Crippen LogP contribution < -0.4 is 15.4 Å². The first kappa shape index (κ1) is 21.5. The topological polar surface area (TPSA) is 92.5 Å². The Balaban J connectivity index is 1.69. The van der Waals surface area contributed by atoms with Crippen molar-refractivity contribution in [2.45, 2.75) is 17.7 Å². The van der Waals surface area contributed by atoms with E-state index in [4.69, 9.17) is 28.9 Å². The number of carbonyl (C=O) groups is 1. The molecule has 4 rings (SSSR count). The Bertz CT molecular complexity index is 1260. The average molecular weight is 476 g/mol. The Morgan fingerprint density at radius 3 is 2.55 bits per heavy atom. The van der Waals surface area contributed by atoms with Crippen molar-refractivity contribution in [3.8, 4) is 0 Å². The third-order valence-corrected chi connectivity index (χ3v) is 7.57. The highest BCUT2D eigenvalue weighted by molar-refractivity contribution is 7.92. The molecule has 0 saturated carbocycles. The molecule has 0 unspecified atom stereocenters. The van der Waals surface area contributed by atoms with Gasteiger partial charge in [0.05, 0.1) is 31.9 Å². The van der Waals surface area contributed by atoms with Gasteiger partial charge in [-0.05, 0) is 54.8 Å². The highest BCUT2D eigenvalue weighted by Crippen LogP contribution is 2.34. The van der Waals surface area contributed by atoms with Crippen molar-refractivity contribution in [1.82, 2.24) is 0 Å². The van der Waals surface area contributed by atoms with Gasteiger partial charge in [0.1, 0.15) is 0 Å². The molecule has 3 aromatic rings. The van der Waals surface area contributed by atoms with Crippen molar-refractivity contribution < 1.29 is 13.2 Å². The van der Waals surface area contributed by atoms with E-state index in [1.807, 2.05) is 18.2 Å². The van der Waals surface area contributed by atoms with Crippen LogP contribution in [-0.4, -0.2) is 20.9 Å². The molecule has 0 atom stereocenters. The van der Waals surface area contributed by atoms with Gasteiger partial charge in [-0.2, -0.15) is 0 Å². The molecule has 0 radical (unpaired) electrons. The molecule has 1 aliphatic rings. The lowest BCUT2D eigenvalue weighted by Gasteiger charge is -2.30. The Morgan fingerprint density at radius 2 is 1.77 bits per heavy atom. The molecular formula is C22H19Cl2N3O3S. The first-order valence-electron chi connectivity index (χ1n) is 9.54. The molecule has 0 saturated heterocycles. The minimum Gasteiger partial charge on any atom is -0.398 e. The Labute approximate surface area is 190 Å². The van der Waals surface area contributed by atoms with Gasteiger partial charge >= 0.3 is 0 Å². The number of para-hydroxylation sites is 1. The van der Waals surface area contributed by atoms with Gasteiger partial charge in [-0.3, -0.25) is 9.10 Å². The second kappa shape index (κ2) is 8.42. The van der Waals surface area contributed by atoms with Crippen LogP contribution in [0, 0.1) is 0 Å². The predicted molar refractivity (Wildman–Crippen MR) is 125 cm³/mol. The van der Waals surface area contributed by atoms with Crippen molar-refractivity contribution in [1.29, 1.82) is 0 Å². The van der Waals surface area contributed by atoms with Crippen LogP contribution in [-0.2, 0) is 16.4 Å². The summed E-state index contributed by atoms with van der Waals surface area (Å²) >= 11 is 12.3. The van der Waals surface area contributed by atoms with Crippen molar-refractivity contribution in [2.75, 3.05) is 21.9 Å². The van der Waals surface area contributed by atoms with Crippen molar-refractivity contribution >= 4 is 56.2 Å². The number of benzene rings is 3. The van der Waals surface area contributed by atoms with E-state index in [0.717, 1.165) is 18.4 Å². The maximum absolute atomic E-state index is 13.4. The predicted octanol–water partition coefficient (Wildman–Crippen LogP) is 4.97. The number of halogens is 2. The SMILES string of the molecule is Nc1cccc(Cl)c1C(=O)Nc1cc(S(=O)(=O)N2CCCc3ccccc32)ccc1Cl. The number of anilines is 3. The molecule has 9 heteroatoms. The van der Waals surface area contributed by atoms with E-state index in [1.54, 1.807) is 24.3 Å². The number of hydrogen-bond donors (Lipinski definition) is 2. The summed E-state index contributed by atoms with van der Waals surface area (Å²) in [6.07, 6.45) is 1.54. The van der Waals surface area contributed by atoms with Gasteiger partial charge in [0.2, 0.25) is 0 Å². The van der Waals surface area contributed by atoms with E-state index in [1.165, 1.54) is 22.5 Å². The molecule has 1 amide bonds. The van der Waals surface area contributed by atoms with Gasteiger partial charge < -0.3 is 11.1 Å². The summed E-state index contributed by atoms with van der Waals surface area (Å²) in [4.78, 5) is 12.8. The van der Waals surface area contributed by atoms with E-state index in [2.05, 4.69) is 5.32 Å². The minimum atomic E-state index is -3.86. The first-order chi connectivity index (χ1) is 14.8. The molecule has 0 aromatic heterocycles. The van der Waals surface area contributed by atoms with E-state index in [-0.39, 0.29) is 31.9 Å². The number of nitrogens with zero attached hydrogens (tertiary/aromatic N) is 1. The first-order valence-corrected chi connectivity index (χ1v) is 11.7. The molecule has 160 valence electrons. The Morgan fingerprint density at radius 1 is 1.00 bits per heavy atom. The maximum Gasteiger partial charge on any atom is 0.264 e. The standard InChI is InChI=1S/C22H19Cl2N3O3S/c23-16-11-10-15(13-19(16)26-22(28)21-17(24)7-3-8-18(21)25)31(29,30)27-12-4-6-14-5-1-2-9-20(14)27/h1-3,5,7-11,13H,4,6,12,25H2,(H,26,28). The third kappa shape index (κ3) is 4.08. The zero-order valence-corrected chi connectivity index (χ0v) is 18.6. The fraction of sp³-hybridized carbons (Fsp3) is 0.136. The van der Waals surface area contributed by atoms with Gasteiger partial charge in [-0.1, -0.05) is 47.5 Å². The summed E-state index contributed by atoms with van der Waals surface area (Å²) in [6.45, 7) is 0.375. The summed E-state index contributed by atoms with van der Waals surface area (Å²) in [6, 6.07) is 16.4. The lowest BCUT2D eigenvalue weighted by atomic mass is 10.0. The fourth-order valence-electron chi connectivity index (χ4n) is 3.60. The summed E-state index contributed by atoms with van der Waals surface area (Å²) < 4.78 is 28.2. The van der Waals surface area contributed by atoms with E-state index < -0.39 is 15.9 Å².